The van der Waals surface area contributed by atoms with Crippen LogP contribution in [0.5, 0.6) is 0 Å². The Labute approximate surface area is 98.1 Å². The molecule has 1 rings (SSSR count). The first kappa shape index (κ1) is 13.1. The van der Waals surface area contributed by atoms with Crippen LogP contribution in [0.1, 0.15) is 53.4 Å². The van der Waals surface area contributed by atoms with Crippen LogP contribution in [0, 0.1) is 11.8 Å². The van der Waals surface area contributed by atoms with Crippen molar-refractivity contribution in [3.63, 3.8) is 0 Å². The lowest BCUT2D eigenvalue weighted by Gasteiger charge is -2.27. The number of carbonyl (C=O) groups excluding carboxylic acids is 2. The van der Waals surface area contributed by atoms with Gasteiger partial charge in [-0.05, 0) is 44.6 Å². The number of hydrogen-bond donors (Lipinski definition) is 0. The number of rotatable bonds is 4. The first-order chi connectivity index (χ1) is 7.43. The largest absolute Gasteiger partial charge is 0.300 e. The van der Waals surface area contributed by atoms with Crippen molar-refractivity contribution in [1.82, 2.24) is 0 Å². The average Bonchev–Trinajstić information content (AvgIpc) is 2.16. The van der Waals surface area contributed by atoms with Crippen molar-refractivity contribution in [3.8, 4) is 0 Å². The number of hydrogen-bond acceptors (Lipinski definition) is 2. The Bertz CT molecular complexity index is 324. The van der Waals surface area contributed by atoms with Crippen molar-refractivity contribution in [2.45, 2.75) is 53.4 Å². The van der Waals surface area contributed by atoms with Gasteiger partial charge in [0.05, 0.1) is 0 Å². The highest BCUT2D eigenvalue weighted by Crippen LogP contribution is 2.32. The summed E-state index contributed by atoms with van der Waals surface area (Å²) in [5.41, 5.74) is 2.13. The van der Waals surface area contributed by atoms with Gasteiger partial charge in [-0.25, -0.2) is 0 Å². The number of ketones is 2. The molecule has 90 valence electrons. The van der Waals surface area contributed by atoms with Crippen LogP contribution in [0.15, 0.2) is 11.1 Å². The molecule has 0 heterocycles. The summed E-state index contributed by atoms with van der Waals surface area (Å²) in [5.74, 6) is 1.04. The molecule has 2 heteroatoms. The van der Waals surface area contributed by atoms with E-state index in [0.717, 1.165) is 18.4 Å². The molecule has 0 saturated heterocycles. The van der Waals surface area contributed by atoms with Crippen molar-refractivity contribution in [2.75, 3.05) is 0 Å². The Kier molecular flexibility index (Phi) is 4.45. The minimum absolute atomic E-state index is 0.166. The lowest BCUT2D eigenvalue weighted by atomic mass is 9.76. The summed E-state index contributed by atoms with van der Waals surface area (Å²) in [4.78, 5) is 23.2. The Morgan fingerprint density at radius 2 is 2.06 bits per heavy atom. The summed E-state index contributed by atoms with van der Waals surface area (Å²) in [6.45, 7) is 7.82. The van der Waals surface area contributed by atoms with Gasteiger partial charge in [-0.1, -0.05) is 19.4 Å². The van der Waals surface area contributed by atoms with Gasteiger partial charge in [0, 0.05) is 12.3 Å². The molecule has 2 nitrogen and oxygen atoms in total. The Morgan fingerprint density at radius 3 is 2.56 bits per heavy atom. The highest BCUT2D eigenvalue weighted by Gasteiger charge is 2.29. The van der Waals surface area contributed by atoms with Crippen molar-refractivity contribution < 1.29 is 9.59 Å². The molecule has 0 aliphatic heterocycles. The molecule has 0 N–H and O–H groups in total. The third-order valence-electron chi connectivity index (χ3n) is 3.51. The molecule has 0 bridgehead atoms. The van der Waals surface area contributed by atoms with Crippen molar-refractivity contribution in [1.29, 1.82) is 0 Å². The minimum Gasteiger partial charge on any atom is -0.300 e. The van der Waals surface area contributed by atoms with Crippen LogP contribution in [-0.4, -0.2) is 11.6 Å². The van der Waals surface area contributed by atoms with Crippen LogP contribution in [0.2, 0.25) is 0 Å². The van der Waals surface area contributed by atoms with Gasteiger partial charge in [-0.15, -0.1) is 0 Å². The monoisotopic (exact) mass is 222 g/mol. The molecule has 0 amide bonds. The molecular weight excluding hydrogens is 200 g/mol. The SMILES string of the molecule is CC(=O)CCC1=C(C)CC[C@@H](C(C)C)C1=O. The van der Waals surface area contributed by atoms with E-state index >= 15 is 0 Å². The summed E-state index contributed by atoms with van der Waals surface area (Å²) >= 11 is 0. The zero-order valence-electron chi connectivity index (χ0n) is 10.8. The molecule has 0 spiro atoms. The molecule has 1 aliphatic carbocycles. The Morgan fingerprint density at radius 1 is 1.44 bits per heavy atom. The van der Waals surface area contributed by atoms with E-state index in [4.69, 9.17) is 0 Å². The van der Waals surface area contributed by atoms with Gasteiger partial charge in [-0.3, -0.25) is 4.79 Å². The van der Waals surface area contributed by atoms with Crippen molar-refractivity contribution >= 4 is 11.6 Å². The van der Waals surface area contributed by atoms with E-state index < -0.39 is 0 Å². The van der Waals surface area contributed by atoms with Crippen LogP contribution in [0.4, 0.5) is 0 Å². The van der Waals surface area contributed by atoms with E-state index in [0.29, 0.717) is 24.5 Å². The van der Waals surface area contributed by atoms with Crippen LogP contribution >= 0.6 is 0 Å². The molecule has 0 unspecified atom stereocenters. The van der Waals surface area contributed by atoms with Crippen LogP contribution in [-0.2, 0) is 9.59 Å². The van der Waals surface area contributed by atoms with Crippen LogP contribution in [0.25, 0.3) is 0 Å². The molecule has 0 saturated carbocycles. The molecule has 0 fully saturated rings. The Balaban J connectivity index is 2.78. The van der Waals surface area contributed by atoms with Crippen LogP contribution < -0.4 is 0 Å². The number of allylic oxidation sites excluding steroid dienone is 2. The highest BCUT2D eigenvalue weighted by atomic mass is 16.1. The fourth-order valence-electron chi connectivity index (χ4n) is 2.36. The average molecular weight is 222 g/mol. The molecule has 1 aliphatic rings. The number of Topliss-reactive ketones (excluding diaryl/α,β-unsaturated/α-hetero) is 2. The minimum atomic E-state index is 0.166. The van der Waals surface area contributed by atoms with Gasteiger partial charge in [0.2, 0.25) is 0 Å². The van der Waals surface area contributed by atoms with E-state index in [9.17, 15) is 9.59 Å². The van der Waals surface area contributed by atoms with Crippen molar-refractivity contribution in [2.24, 2.45) is 11.8 Å². The molecule has 16 heavy (non-hydrogen) atoms. The topological polar surface area (TPSA) is 34.1 Å². The predicted molar refractivity (Wildman–Crippen MR) is 65.2 cm³/mol. The van der Waals surface area contributed by atoms with E-state index in [1.807, 2.05) is 6.92 Å². The lowest BCUT2D eigenvalue weighted by molar-refractivity contribution is -0.121. The normalized spacial score (nSPS) is 21.8. The smallest absolute Gasteiger partial charge is 0.162 e. The van der Waals surface area contributed by atoms with Crippen molar-refractivity contribution in [3.05, 3.63) is 11.1 Å². The summed E-state index contributed by atoms with van der Waals surface area (Å²) in [6.07, 6.45) is 3.14. The molecular formula is C14H22O2. The van der Waals surface area contributed by atoms with Gasteiger partial charge < -0.3 is 4.79 Å². The molecule has 0 radical (unpaired) electrons. The van der Waals surface area contributed by atoms with Gasteiger partial charge in [0.25, 0.3) is 0 Å². The number of carbonyl (C=O) groups is 2. The maximum atomic E-state index is 12.2. The van der Waals surface area contributed by atoms with E-state index in [1.165, 1.54) is 5.57 Å². The molecule has 0 aromatic heterocycles. The van der Waals surface area contributed by atoms with Gasteiger partial charge >= 0.3 is 0 Å². The van der Waals surface area contributed by atoms with Gasteiger partial charge in [0.1, 0.15) is 5.78 Å². The van der Waals surface area contributed by atoms with Crippen LogP contribution in [0.3, 0.4) is 0 Å². The summed E-state index contributed by atoms with van der Waals surface area (Å²) in [6, 6.07) is 0. The van der Waals surface area contributed by atoms with Gasteiger partial charge in [0.15, 0.2) is 5.78 Å². The molecule has 1 atom stereocenters. The molecule has 0 aromatic rings. The summed E-state index contributed by atoms with van der Waals surface area (Å²) < 4.78 is 0. The quantitative estimate of drug-likeness (QED) is 0.731. The summed E-state index contributed by atoms with van der Waals surface area (Å²) in [5, 5.41) is 0. The van der Waals surface area contributed by atoms with E-state index in [1.54, 1.807) is 6.92 Å². The second-order valence-electron chi connectivity index (χ2n) is 5.21. The second-order valence-corrected chi connectivity index (χ2v) is 5.21. The second kappa shape index (κ2) is 5.42. The first-order valence-electron chi connectivity index (χ1n) is 6.15. The maximum absolute atomic E-state index is 12.2. The summed E-state index contributed by atoms with van der Waals surface area (Å²) in [7, 11) is 0. The zero-order valence-corrected chi connectivity index (χ0v) is 10.8. The van der Waals surface area contributed by atoms with E-state index in [2.05, 4.69) is 13.8 Å². The van der Waals surface area contributed by atoms with E-state index in [-0.39, 0.29) is 11.7 Å². The maximum Gasteiger partial charge on any atom is 0.162 e. The van der Waals surface area contributed by atoms with Gasteiger partial charge in [-0.2, -0.15) is 0 Å². The fraction of sp³-hybridized carbons (Fsp3) is 0.714. The first-order valence-corrected chi connectivity index (χ1v) is 6.15. The fourth-order valence-corrected chi connectivity index (χ4v) is 2.36. The zero-order chi connectivity index (χ0) is 12.3. The molecule has 0 aromatic carbocycles. The highest BCUT2D eigenvalue weighted by molar-refractivity contribution is 5.99. The Hall–Kier alpha value is -0.920. The standard InChI is InChI=1S/C14H22O2/c1-9(2)12-7-5-10(3)13(14(12)16)8-6-11(4)15/h9,12H,5-8H2,1-4H3/t12-/m0/s1. The third-order valence-corrected chi connectivity index (χ3v) is 3.51. The lowest BCUT2D eigenvalue weighted by Crippen LogP contribution is -2.26. The predicted octanol–water partition coefficient (Wildman–Crippen LogP) is 3.31. The third kappa shape index (κ3) is 3.03.